The highest BCUT2D eigenvalue weighted by atomic mass is 35.5. The zero-order chi connectivity index (χ0) is 20.7. The summed E-state index contributed by atoms with van der Waals surface area (Å²) in [6.45, 7) is 2.67. The van der Waals surface area contributed by atoms with E-state index in [2.05, 4.69) is 67.6 Å². The fraction of sp³-hybridized carbons (Fsp3) is 0.148. The van der Waals surface area contributed by atoms with Crippen LogP contribution in [-0.4, -0.2) is 5.91 Å². The van der Waals surface area contributed by atoms with E-state index in [-0.39, 0.29) is 11.8 Å². The first-order valence-corrected chi connectivity index (χ1v) is 10.6. The van der Waals surface area contributed by atoms with Gasteiger partial charge >= 0.3 is 0 Å². The average Bonchev–Trinajstić information content (AvgIpc) is 2.76. The maximum absolute atomic E-state index is 13.3. The van der Waals surface area contributed by atoms with Crippen LogP contribution in [0.25, 0.3) is 10.8 Å². The van der Waals surface area contributed by atoms with Crippen LogP contribution in [0, 0.1) is 6.92 Å². The van der Waals surface area contributed by atoms with Crippen molar-refractivity contribution in [1.29, 1.82) is 0 Å². The highest BCUT2D eigenvalue weighted by Crippen LogP contribution is 2.44. The average molecular weight is 412 g/mol. The number of rotatable bonds is 3. The first-order chi connectivity index (χ1) is 14.6. The van der Waals surface area contributed by atoms with E-state index < -0.39 is 0 Å². The number of nitrogens with zero attached hydrogens (tertiary/aromatic N) is 1. The molecule has 0 radical (unpaired) electrons. The van der Waals surface area contributed by atoms with Crippen LogP contribution in [0.15, 0.2) is 84.9 Å². The summed E-state index contributed by atoms with van der Waals surface area (Å²) in [6, 6.07) is 28.9. The fourth-order valence-electron chi connectivity index (χ4n) is 4.55. The van der Waals surface area contributed by atoms with Crippen LogP contribution in [0.4, 0.5) is 5.69 Å². The Labute approximate surface area is 181 Å². The molecule has 1 aliphatic rings. The molecule has 148 valence electrons. The normalized spacial score (nSPS) is 16.0. The van der Waals surface area contributed by atoms with Crippen molar-refractivity contribution in [2.24, 2.45) is 0 Å². The molecule has 0 aromatic heterocycles. The Balaban J connectivity index is 1.68. The van der Waals surface area contributed by atoms with E-state index in [0.717, 1.165) is 16.8 Å². The lowest BCUT2D eigenvalue weighted by molar-refractivity contribution is -0.119. The molecule has 3 heteroatoms. The molecule has 0 saturated heterocycles. The summed E-state index contributed by atoms with van der Waals surface area (Å²) >= 11 is 6.13. The van der Waals surface area contributed by atoms with E-state index in [9.17, 15) is 4.79 Å². The third-order valence-electron chi connectivity index (χ3n) is 5.96. The van der Waals surface area contributed by atoms with Gasteiger partial charge in [-0.15, -0.1) is 0 Å². The summed E-state index contributed by atoms with van der Waals surface area (Å²) in [4.78, 5) is 15.3. The van der Waals surface area contributed by atoms with Gasteiger partial charge in [-0.25, -0.2) is 0 Å². The molecule has 0 N–H and O–H groups in total. The van der Waals surface area contributed by atoms with Gasteiger partial charge < -0.3 is 4.90 Å². The van der Waals surface area contributed by atoms with Crippen molar-refractivity contribution in [2.75, 3.05) is 4.90 Å². The topological polar surface area (TPSA) is 20.3 Å². The minimum absolute atomic E-state index is 0.0182. The van der Waals surface area contributed by atoms with Crippen molar-refractivity contribution in [2.45, 2.75) is 25.8 Å². The third-order valence-corrected chi connectivity index (χ3v) is 6.21. The Morgan fingerprint density at radius 2 is 1.73 bits per heavy atom. The summed E-state index contributed by atoms with van der Waals surface area (Å²) in [7, 11) is 0. The van der Waals surface area contributed by atoms with Crippen molar-refractivity contribution in [3.05, 3.63) is 112 Å². The second kappa shape index (κ2) is 7.62. The maximum Gasteiger partial charge on any atom is 0.228 e. The quantitative estimate of drug-likeness (QED) is 0.360. The molecule has 4 aromatic carbocycles. The van der Waals surface area contributed by atoms with E-state index >= 15 is 0 Å². The van der Waals surface area contributed by atoms with E-state index in [1.54, 1.807) is 0 Å². The van der Waals surface area contributed by atoms with Gasteiger partial charge in [-0.05, 0) is 52.6 Å². The minimum atomic E-state index is 0.0182. The van der Waals surface area contributed by atoms with Gasteiger partial charge in [0.2, 0.25) is 5.91 Å². The minimum Gasteiger partial charge on any atom is -0.308 e. The lowest BCUT2D eigenvalue weighted by Gasteiger charge is -2.35. The van der Waals surface area contributed by atoms with E-state index in [1.165, 1.54) is 21.9 Å². The lowest BCUT2D eigenvalue weighted by Crippen LogP contribution is -2.36. The SMILES string of the molecule is Cc1cccc(CN2C(=O)CC(c3ccc(Cl)cc3)c3c2ccc2ccccc32)c1. The monoisotopic (exact) mass is 411 g/mol. The summed E-state index contributed by atoms with van der Waals surface area (Å²) in [6.07, 6.45) is 0.453. The number of carbonyl (C=O) groups excluding carboxylic acids is 1. The first kappa shape index (κ1) is 18.9. The Bertz CT molecular complexity index is 1250. The molecule has 1 aliphatic heterocycles. The van der Waals surface area contributed by atoms with Crippen LogP contribution in [0.1, 0.15) is 34.6 Å². The molecule has 30 heavy (non-hydrogen) atoms. The van der Waals surface area contributed by atoms with Crippen LogP contribution >= 0.6 is 11.6 Å². The molecule has 1 amide bonds. The summed E-state index contributed by atoms with van der Waals surface area (Å²) < 4.78 is 0. The maximum atomic E-state index is 13.3. The molecule has 4 aromatic rings. The second-order valence-corrected chi connectivity index (χ2v) is 8.43. The van der Waals surface area contributed by atoms with Crippen molar-refractivity contribution < 1.29 is 4.79 Å². The molecule has 0 aliphatic carbocycles. The third kappa shape index (κ3) is 3.38. The van der Waals surface area contributed by atoms with Crippen LogP contribution in [0.2, 0.25) is 5.02 Å². The highest BCUT2D eigenvalue weighted by molar-refractivity contribution is 6.30. The van der Waals surface area contributed by atoms with Crippen molar-refractivity contribution in [3.63, 3.8) is 0 Å². The number of benzene rings is 4. The molecule has 0 saturated carbocycles. The van der Waals surface area contributed by atoms with Crippen molar-refractivity contribution in [1.82, 2.24) is 0 Å². The Morgan fingerprint density at radius 3 is 2.53 bits per heavy atom. The second-order valence-electron chi connectivity index (χ2n) is 8.00. The smallest absolute Gasteiger partial charge is 0.228 e. The predicted octanol–water partition coefficient (Wildman–Crippen LogP) is 6.87. The molecule has 2 nitrogen and oxygen atoms in total. The molecular weight excluding hydrogens is 390 g/mol. The first-order valence-electron chi connectivity index (χ1n) is 10.2. The molecule has 5 rings (SSSR count). The number of hydrogen-bond acceptors (Lipinski definition) is 1. The van der Waals surface area contributed by atoms with Gasteiger partial charge in [-0.1, -0.05) is 83.9 Å². The number of halogens is 1. The van der Waals surface area contributed by atoms with Gasteiger partial charge in [0.15, 0.2) is 0 Å². The zero-order valence-electron chi connectivity index (χ0n) is 16.8. The van der Waals surface area contributed by atoms with Crippen LogP contribution < -0.4 is 4.90 Å². The number of amides is 1. The van der Waals surface area contributed by atoms with Gasteiger partial charge in [0, 0.05) is 23.0 Å². The Hall–Kier alpha value is -3.10. The molecule has 0 spiro atoms. The van der Waals surface area contributed by atoms with Crippen LogP contribution in [0.5, 0.6) is 0 Å². The van der Waals surface area contributed by atoms with E-state index in [4.69, 9.17) is 11.6 Å². The standard InChI is InChI=1S/C27H22ClNO/c1-18-5-4-6-19(15-18)17-29-25-14-11-20-7-2-3-8-23(20)27(25)24(16-26(29)30)21-9-12-22(28)13-10-21/h2-15,24H,16-17H2,1H3. The van der Waals surface area contributed by atoms with E-state index in [0.29, 0.717) is 18.0 Å². The number of hydrogen-bond donors (Lipinski definition) is 0. The Morgan fingerprint density at radius 1 is 0.933 bits per heavy atom. The molecule has 1 atom stereocenters. The van der Waals surface area contributed by atoms with Crippen molar-refractivity contribution in [3.8, 4) is 0 Å². The summed E-state index contributed by atoms with van der Waals surface area (Å²) in [5.41, 5.74) is 5.71. The number of aryl methyl sites for hydroxylation is 1. The molecule has 0 bridgehead atoms. The molecule has 1 heterocycles. The van der Waals surface area contributed by atoms with Gasteiger partial charge in [-0.3, -0.25) is 4.79 Å². The number of fused-ring (bicyclic) bond motifs is 3. The summed E-state index contributed by atoms with van der Waals surface area (Å²) in [5.74, 6) is 0.170. The number of carbonyl (C=O) groups is 1. The molecule has 1 unspecified atom stereocenters. The highest BCUT2D eigenvalue weighted by Gasteiger charge is 2.33. The molecular formula is C27H22ClNO. The molecule has 0 fully saturated rings. The van der Waals surface area contributed by atoms with Gasteiger partial charge in [0.05, 0.1) is 6.54 Å². The Kier molecular flexibility index (Phi) is 4.80. The predicted molar refractivity (Wildman–Crippen MR) is 124 cm³/mol. The van der Waals surface area contributed by atoms with Gasteiger partial charge in [0.25, 0.3) is 0 Å². The number of anilines is 1. The van der Waals surface area contributed by atoms with Crippen LogP contribution in [-0.2, 0) is 11.3 Å². The lowest BCUT2D eigenvalue weighted by atomic mass is 9.81. The van der Waals surface area contributed by atoms with Crippen LogP contribution in [0.3, 0.4) is 0 Å². The fourth-order valence-corrected chi connectivity index (χ4v) is 4.68. The van der Waals surface area contributed by atoms with Gasteiger partial charge in [-0.2, -0.15) is 0 Å². The van der Waals surface area contributed by atoms with E-state index in [1.807, 2.05) is 29.2 Å². The summed E-state index contributed by atoms with van der Waals surface area (Å²) in [5, 5.41) is 3.11. The van der Waals surface area contributed by atoms with Gasteiger partial charge in [0.1, 0.15) is 0 Å². The zero-order valence-corrected chi connectivity index (χ0v) is 17.6. The largest absolute Gasteiger partial charge is 0.308 e. The van der Waals surface area contributed by atoms with Crippen molar-refractivity contribution >= 4 is 34.0 Å².